The van der Waals surface area contributed by atoms with Gasteiger partial charge in [-0.25, -0.2) is 8.78 Å². The van der Waals surface area contributed by atoms with E-state index in [2.05, 4.69) is 21.2 Å². The van der Waals surface area contributed by atoms with Gasteiger partial charge in [-0.3, -0.25) is 4.79 Å². The van der Waals surface area contributed by atoms with E-state index < -0.39 is 17.5 Å². The van der Waals surface area contributed by atoms with Gasteiger partial charge in [-0.15, -0.1) is 0 Å². The molecule has 0 saturated heterocycles. The van der Waals surface area contributed by atoms with Gasteiger partial charge in [-0.1, -0.05) is 6.07 Å². The smallest absolute Gasteiger partial charge is 0.255 e. The van der Waals surface area contributed by atoms with E-state index in [0.29, 0.717) is 17.3 Å². The lowest BCUT2D eigenvalue weighted by molar-refractivity contribution is 0.102. The van der Waals surface area contributed by atoms with Crippen molar-refractivity contribution in [2.75, 3.05) is 11.1 Å². The first-order valence-electron chi connectivity index (χ1n) is 5.70. The van der Waals surface area contributed by atoms with Crippen molar-refractivity contribution < 1.29 is 13.6 Å². The summed E-state index contributed by atoms with van der Waals surface area (Å²) < 4.78 is 26.7. The molecule has 0 unspecified atom stereocenters. The van der Waals surface area contributed by atoms with Crippen molar-refractivity contribution in [1.82, 2.24) is 0 Å². The van der Waals surface area contributed by atoms with Gasteiger partial charge in [-0.05, 0) is 46.6 Å². The second-order valence-corrected chi connectivity index (χ2v) is 5.12. The number of hydrogen-bond donors (Lipinski definition) is 2. The van der Waals surface area contributed by atoms with Crippen LogP contribution in [0.4, 0.5) is 20.2 Å². The highest BCUT2D eigenvalue weighted by Gasteiger charge is 2.14. The van der Waals surface area contributed by atoms with Crippen molar-refractivity contribution in [3.05, 3.63) is 57.6 Å². The zero-order chi connectivity index (χ0) is 14.9. The van der Waals surface area contributed by atoms with Crippen LogP contribution in [0, 0.1) is 18.6 Å². The second kappa shape index (κ2) is 5.58. The molecule has 0 heterocycles. The van der Waals surface area contributed by atoms with Gasteiger partial charge in [0.2, 0.25) is 0 Å². The van der Waals surface area contributed by atoms with Crippen LogP contribution in [0.15, 0.2) is 34.8 Å². The molecule has 0 aliphatic heterocycles. The molecule has 2 aromatic carbocycles. The maximum absolute atomic E-state index is 13.6. The van der Waals surface area contributed by atoms with Gasteiger partial charge in [0.1, 0.15) is 5.82 Å². The summed E-state index contributed by atoms with van der Waals surface area (Å²) >= 11 is 3.01. The highest BCUT2D eigenvalue weighted by Crippen LogP contribution is 2.27. The summed E-state index contributed by atoms with van der Waals surface area (Å²) in [4.78, 5) is 12.0. The van der Waals surface area contributed by atoms with Gasteiger partial charge < -0.3 is 11.1 Å². The molecule has 0 aromatic heterocycles. The average molecular weight is 341 g/mol. The molecule has 1 amide bonds. The number of nitrogen functional groups attached to an aromatic ring is 1. The Labute approximate surface area is 122 Å². The first kappa shape index (κ1) is 14.5. The van der Waals surface area contributed by atoms with Crippen LogP contribution < -0.4 is 11.1 Å². The molecular weight excluding hydrogens is 330 g/mol. The van der Waals surface area contributed by atoms with Crippen LogP contribution in [0.2, 0.25) is 0 Å². The number of rotatable bonds is 2. The highest BCUT2D eigenvalue weighted by atomic mass is 79.9. The molecule has 6 heteroatoms. The van der Waals surface area contributed by atoms with E-state index in [-0.39, 0.29) is 10.2 Å². The summed E-state index contributed by atoms with van der Waals surface area (Å²) in [5, 5.41) is 2.39. The van der Waals surface area contributed by atoms with E-state index in [9.17, 15) is 13.6 Å². The first-order chi connectivity index (χ1) is 9.38. The van der Waals surface area contributed by atoms with Crippen LogP contribution in [0.25, 0.3) is 0 Å². The summed E-state index contributed by atoms with van der Waals surface area (Å²) in [5.41, 5.74) is 7.21. The Morgan fingerprint density at radius 1 is 1.25 bits per heavy atom. The summed E-state index contributed by atoms with van der Waals surface area (Å²) in [6.07, 6.45) is 0. The molecule has 2 aromatic rings. The minimum atomic E-state index is -0.856. The third-order valence-corrected chi connectivity index (χ3v) is 3.41. The Balaban J connectivity index is 2.30. The fourth-order valence-electron chi connectivity index (χ4n) is 1.63. The van der Waals surface area contributed by atoms with Gasteiger partial charge in [0, 0.05) is 21.8 Å². The number of aryl methyl sites for hydroxylation is 1. The number of carbonyl (C=O) groups excluding carboxylic acids is 1. The number of anilines is 2. The average Bonchev–Trinajstić information content (AvgIpc) is 2.36. The molecule has 2 rings (SSSR count). The second-order valence-electron chi connectivity index (χ2n) is 4.27. The van der Waals surface area contributed by atoms with Crippen molar-refractivity contribution in [2.45, 2.75) is 6.92 Å². The summed E-state index contributed by atoms with van der Waals surface area (Å²) in [7, 11) is 0. The first-order valence-corrected chi connectivity index (χ1v) is 6.50. The fourth-order valence-corrected chi connectivity index (χ4v) is 2.14. The summed E-state index contributed by atoms with van der Waals surface area (Å²) in [6, 6.07) is 6.54. The minimum absolute atomic E-state index is 0.115. The Bertz CT molecular complexity index is 666. The normalized spacial score (nSPS) is 10.4. The quantitative estimate of drug-likeness (QED) is 0.815. The number of halogens is 3. The molecule has 3 N–H and O–H groups in total. The molecule has 20 heavy (non-hydrogen) atoms. The number of benzene rings is 2. The largest absolute Gasteiger partial charge is 0.398 e. The Kier molecular flexibility index (Phi) is 4.04. The van der Waals surface area contributed by atoms with E-state index in [1.54, 1.807) is 12.1 Å². The Hall–Kier alpha value is -1.95. The predicted molar refractivity (Wildman–Crippen MR) is 77.6 cm³/mol. The molecule has 0 aliphatic carbocycles. The topological polar surface area (TPSA) is 55.1 Å². The molecule has 0 fully saturated rings. The number of nitrogens with one attached hydrogen (secondary N) is 1. The lowest BCUT2D eigenvalue weighted by atomic mass is 10.1. The number of carbonyl (C=O) groups is 1. The van der Waals surface area contributed by atoms with E-state index >= 15 is 0 Å². The van der Waals surface area contributed by atoms with E-state index in [4.69, 9.17) is 5.73 Å². The van der Waals surface area contributed by atoms with Crippen molar-refractivity contribution in [1.29, 1.82) is 0 Å². The van der Waals surface area contributed by atoms with Gasteiger partial charge >= 0.3 is 0 Å². The standard InChI is InChI=1S/C14H11BrF2N2O/c1-7-2-3-8(4-12(7)18)14(20)19-13-10(15)5-9(16)6-11(13)17/h2-6H,18H2,1H3,(H,19,20). The van der Waals surface area contributed by atoms with E-state index in [1.165, 1.54) is 6.07 Å². The molecule has 0 spiro atoms. The lowest BCUT2D eigenvalue weighted by Crippen LogP contribution is -2.14. The zero-order valence-corrected chi connectivity index (χ0v) is 12.1. The fraction of sp³-hybridized carbons (Fsp3) is 0.0714. The van der Waals surface area contributed by atoms with Crippen LogP contribution in [-0.2, 0) is 0 Å². The van der Waals surface area contributed by atoms with Crippen LogP contribution >= 0.6 is 15.9 Å². The maximum atomic E-state index is 13.6. The molecule has 0 saturated carbocycles. The maximum Gasteiger partial charge on any atom is 0.255 e. The number of amides is 1. The van der Waals surface area contributed by atoms with Gasteiger partial charge in [-0.2, -0.15) is 0 Å². The van der Waals surface area contributed by atoms with Crippen LogP contribution in [0.3, 0.4) is 0 Å². The predicted octanol–water partition coefficient (Wildman–Crippen LogP) is 3.87. The monoisotopic (exact) mass is 340 g/mol. The van der Waals surface area contributed by atoms with Crippen molar-refractivity contribution in [2.24, 2.45) is 0 Å². The zero-order valence-electron chi connectivity index (χ0n) is 10.5. The minimum Gasteiger partial charge on any atom is -0.398 e. The van der Waals surface area contributed by atoms with E-state index in [0.717, 1.165) is 11.6 Å². The molecule has 0 radical (unpaired) electrons. The Morgan fingerprint density at radius 3 is 2.55 bits per heavy atom. The van der Waals surface area contributed by atoms with Gasteiger partial charge in [0.25, 0.3) is 5.91 Å². The van der Waals surface area contributed by atoms with Crippen LogP contribution in [-0.4, -0.2) is 5.91 Å². The van der Waals surface area contributed by atoms with E-state index in [1.807, 2.05) is 6.92 Å². The number of hydrogen-bond acceptors (Lipinski definition) is 2. The van der Waals surface area contributed by atoms with Crippen molar-refractivity contribution in [3.63, 3.8) is 0 Å². The van der Waals surface area contributed by atoms with Crippen molar-refractivity contribution in [3.8, 4) is 0 Å². The Morgan fingerprint density at radius 2 is 1.95 bits per heavy atom. The molecule has 3 nitrogen and oxygen atoms in total. The van der Waals surface area contributed by atoms with Gasteiger partial charge in [0.05, 0.1) is 5.69 Å². The molecular formula is C14H11BrF2N2O. The lowest BCUT2D eigenvalue weighted by Gasteiger charge is -2.10. The van der Waals surface area contributed by atoms with Gasteiger partial charge in [0.15, 0.2) is 5.82 Å². The van der Waals surface area contributed by atoms with Crippen LogP contribution in [0.5, 0.6) is 0 Å². The molecule has 0 aliphatic rings. The SMILES string of the molecule is Cc1ccc(C(=O)Nc2c(F)cc(F)cc2Br)cc1N. The van der Waals surface area contributed by atoms with Crippen LogP contribution in [0.1, 0.15) is 15.9 Å². The van der Waals surface area contributed by atoms with Crippen molar-refractivity contribution >= 4 is 33.2 Å². The summed E-state index contributed by atoms with van der Waals surface area (Å²) in [6.45, 7) is 1.81. The number of nitrogens with two attached hydrogens (primary N) is 1. The molecule has 104 valence electrons. The third-order valence-electron chi connectivity index (χ3n) is 2.79. The molecule has 0 bridgehead atoms. The molecule has 0 atom stereocenters. The highest BCUT2D eigenvalue weighted by molar-refractivity contribution is 9.10. The summed E-state index contributed by atoms with van der Waals surface area (Å²) in [5.74, 6) is -2.11. The third kappa shape index (κ3) is 2.96.